The highest BCUT2D eigenvalue weighted by atomic mass is 79.9. The third-order valence-corrected chi connectivity index (χ3v) is 3.61. The lowest BCUT2D eigenvalue weighted by Gasteiger charge is -2.27. The average Bonchev–Trinajstić information content (AvgIpc) is 2.34. The number of hydrogen-bond acceptors (Lipinski definition) is 2. The molecule has 0 fully saturated rings. The molecule has 1 aromatic rings. The molecular formula is C14H21BrClNO. The summed E-state index contributed by atoms with van der Waals surface area (Å²) in [5, 5.41) is 1.64. The highest BCUT2D eigenvalue weighted by molar-refractivity contribution is 9.08. The molecule has 2 nitrogen and oxygen atoms in total. The summed E-state index contributed by atoms with van der Waals surface area (Å²) in [5.41, 5.74) is 2.28. The zero-order valence-corrected chi connectivity index (χ0v) is 13.6. The Labute approximate surface area is 123 Å². The Morgan fingerprint density at radius 2 is 2.11 bits per heavy atom. The molecule has 0 saturated heterocycles. The van der Waals surface area contributed by atoms with E-state index in [-0.39, 0.29) is 0 Å². The van der Waals surface area contributed by atoms with Gasteiger partial charge in [-0.15, -0.1) is 0 Å². The standard InChI is InChI=1S/C14H21BrClNO/c1-11(2)10-17(6-7-18-3)14-5-4-12(9-15)8-13(14)16/h4-5,8,11H,6-7,9-10H2,1-3H3. The summed E-state index contributed by atoms with van der Waals surface area (Å²) in [6.07, 6.45) is 0. The molecule has 0 aromatic heterocycles. The van der Waals surface area contributed by atoms with E-state index in [1.54, 1.807) is 7.11 Å². The highest BCUT2D eigenvalue weighted by Gasteiger charge is 2.12. The van der Waals surface area contributed by atoms with E-state index in [2.05, 4.69) is 46.8 Å². The second kappa shape index (κ2) is 8.03. The topological polar surface area (TPSA) is 12.5 Å². The van der Waals surface area contributed by atoms with Crippen LogP contribution in [-0.4, -0.2) is 26.8 Å². The first-order valence-corrected chi connectivity index (χ1v) is 7.66. The van der Waals surface area contributed by atoms with Gasteiger partial charge >= 0.3 is 0 Å². The fraction of sp³-hybridized carbons (Fsp3) is 0.571. The van der Waals surface area contributed by atoms with Crippen molar-refractivity contribution in [2.75, 3.05) is 31.7 Å². The van der Waals surface area contributed by atoms with Crippen LogP contribution < -0.4 is 4.90 Å². The van der Waals surface area contributed by atoms with Gasteiger partial charge < -0.3 is 9.64 Å². The van der Waals surface area contributed by atoms with Crippen LogP contribution in [0.2, 0.25) is 5.02 Å². The summed E-state index contributed by atoms with van der Waals surface area (Å²) in [5.74, 6) is 0.591. The summed E-state index contributed by atoms with van der Waals surface area (Å²) in [6, 6.07) is 6.22. The van der Waals surface area contributed by atoms with E-state index >= 15 is 0 Å². The summed E-state index contributed by atoms with van der Waals surface area (Å²) in [4.78, 5) is 2.29. The molecule has 4 heteroatoms. The number of methoxy groups -OCH3 is 1. The molecule has 0 unspecified atom stereocenters. The second-order valence-electron chi connectivity index (χ2n) is 4.75. The van der Waals surface area contributed by atoms with Crippen molar-refractivity contribution < 1.29 is 4.74 Å². The van der Waals surface area contributed by atoms with Crippen LogP contribution in [0.4, 0.5) is 5.69 Å². The molecule has 0 aliphatic carbocycles. The molecule has 0 spiro atoms. The van der Waals surface area contributed by atoms with E-state index in [1.807, 2.05) is 6.07 Å². The molecule has 0 amide bonds. The molecule has 0 saturated carbocycles. The lowest BCUT2D eigenvalue weighted by Crippen LogP contribution is -2.31. The van der Waals surface area contributed by atoms with Gasteiger partial charge in [-0.2, -0.15) is 0 Å². The van der Waals surface area contributed by atoms with Gasteiger partial charge in [0.05, 0.1) is 17.3 Å². The van der Waals surface area contributed by atoms with Crippen molar-refractivity contribution in [1.29, 1.82) is 0 Å². The Morgan fingerprint density at radius 1 is 1.39 bits per heavy atom. The van der Waals surface area contributed by atoms with Crippen LogP contribution in [0.5, 0.6) is 0 Å². The van der Waals surface area contributed by atoms with Crippen molar-refractivity contribution >= 4 is 33.2 Å². The van der Waals surface area contributed by atoms with Crippen LogP contribution in [0.1, 0.15) is 19.4 Å². The van der Waals surface area contributed by atoms with Gasteiger partial charge in [0.1, 0.15) is 0 Å². The van der Waals surface area contributed by atoms with Gasteiger partial charge in [-0.1, -0.05) is 47.4 Å². The lowest BCUT2D eigenvalue weighted by molar-refractivity contribution is 0.204. The predicted molar refractivity (Wildman–Crippen MR) is 83.0 cm³/mol. The summed E-state index contributed by atoms with van der Waals surface area (Å²) < 4.78 is 5.17. The number of rotatable bonds is 7. The van der Waals surface area contributed by atoms with Crippen LogP contribution in [0.25, 0.3) is 0 Å². The van der Waals surface area contributed by atoms with Crippen LogP contribution >= 0.6 is 27.5 Å². The number of ether oxygens (including phenoxy) is 1. The number of hydrogen-bond donors (Lipinski definition) is 0. The zero-order chi connectivity index (χ0) is 13.5. The lowest BCUT2D eigenvalue weighted by atomic mass is 10.1. The minimum atomic E-state index is 0.591. The minimum absolute atomic E-state index is 0.591. The second-order valence-corrected chi connectivity index (χ2v) is 5.72. The number of alkyl halides is 1. The van der Waals surface area contributed by atoms with Gasteiger partial charge in [-0.05, 0) is 23.6 Å². The quantitative estimate of drug-likeness (QED) is 0.688. The van der Waals surface area contributed by atoms with Crippen molar-refractivity contribution in [3.05, 3.63) is 28.8 Å². The predicted octanol–water partition coefficient (Wildman–Crippen LogP) is 4.34. The Morgan fingerprint density at radius 3 is 2.61 bits per heavy atom. The summed E-state index contributed by atoms with van der Waals surface area (Å²) in [6.45, 7) is 6.98. The van der Waals surface area contributed by atoms with Crippen LogP contribution in [-0.2, 0) is 10.1 Å². The van der Waals surface area contributed by atoms with Crippen LogP contribution in [0.3, 0.4) is 0 Å². The first kappa shape index (κ1) is 15.8. The van der Waals surface area contributed by atoms with Gasteiger partial charge in [-0.3, -0.25) is 0 Å². The monoisotopic (exact) mass is 333 g/mol. The molecule has 0 aliphatic rings. The normalized spacial score (nSPS) is 11.0. The summed E-state index contributed by atoms with van der Waals surface area (Å²) in [7, 11) is 1.73. The molecule has 0 bridgehead atoms. The molecule has 0 radical (unpaired) electrons. The highest BCUT2D eigenvalue weighted by Crippen LogP contribution is 2.28. The zero-order valence-electron chi connectivity index (χ0n) is 11.2. The molecule has 1 aromatic carbocycles. The van der Waals surface area contributed by atoms with E-state index in [4.69, 9.17) is 16.3 Å². The van der Waals surface area contributed by atoms with E-state index in [9.17, 15) is 0 Å². The third kappa shape index (κ3) is 4.79. The van der Waals surface area contributed by atoms with Crippen molar-refractivity contribution in [3.8, 4) is 0 Å². The molecular weight excluding hydrogens is 314 g/mol. The first-order valence-electron chi connectivity index (χ1n) is 6.16. The Hall–Kier alpha value is -0.250. The van der Waals surface area contributed by atoms with Crippen LogP contribution in [0.15, 0.2) is 18.2 Å². The molecule has 1 rings (SSSR count). The Bertz CT molecular complexity index is 371. The van der Waals surface area contributed by atoms with Crippen LogP contribution in [0, 0.1) is 5.92 Å². The number of halogens is 2. The smallest absolute Gasteiger partial charge is 0.0642 e. The van der Waals surface area contributed by atoms with Gasteiger partial charge in [0, 0.05) is 25.5 Å². The minimum Gasteiger partial charge on any atom is -0.383 e. The van der Waals surface area contributed by atoms with Crippen molar-refractivity contribution in [2.24, 2.45) is 5.92 Å². The largest absolute Gasteiger partial charge is 0.383 e. The average molecular weight is 335 g/mol. The maximum atomic E-state index is 6.36. The number of anilines is 1. The Kier molecular flexibility index (Phi) is 7.05. The van der Waals surface area contributed by atoms with Gasteiger partial charge in [0.15, 0.2) is 0 Å². The Balaban J connectivity index is 2.89. The molecule has 0 heterocycles. The third-order valence-electron chi connectivity index (χ3n) is 2.66. The fourth-order valence-electron chi connectivity index (χ4n) is 1.84. The van der Waals surface area contributed by atoms with E-state index in [0.717, 1.165) is 29.1 Å². The molecule has 18 heavy (non-hydrogen) atoms. The van der Waals surface area contributed by atoms with E-state index in [0.29, 0.717) is 12.5 Å². The SMILES string of the molecule is COCCN(CC(C)C)c1ccc(CBr)cc1Cl. The maximum Gasteiger partial charge on any atom is 0.0642 e. The van der Waals surface area contributed by atoms with E-state index < -0.39 is 0 Å². The fourth-order valence-corrected chi connectivity index (χ4v) is 2.51. The first-order chi connectivity index (χ1) is 8.58. The molecule has 0 atom stereocenters. The van der Waals surface area contributed by atoms with Crippen molar-refractivity contribution in [3.63, 3.8) is 0 Å². The molecule has 0 aliphatic heterocycles. The summed E-state index contributed by atoms with van der Waals surface area (Å²) >= 11 is 9.81. The van der Waals surface area contributed by atoms with Gasteiger partial charge in [0.2, 0.25) is 0 Å². The number of benzene rings is 1. The van der Waals surface area contributed by atoms with Crippen molar-refractivity contribution in [1.82, 2.24) is 0 Å². The number of nitrogens with zero attached hydrogens (tertiary/aromatic N) is 1. The molecule has 102 valence electrons. The van der Waals surface area contributed by atoms with Crippen molar-refractivity contribution in [2.45, 2.75) is 19.2 Å². The van der Waals surface area contributed by atoms with Gasteiger partial charge in [-0.25, -0.2) is 0 Å². The molecule has 0 N–H and O–H groups in total. The van der Waals surface area contributed by atoms with Gasteiger partial charge in [0.25, 0.3) is 0 Å². The maximum absolute atomic E-state index is 6.36. The van der Waals surface area contributed by atoms with E-state index in [1.165, 1.54) is 5.56 Å².